The Morgan fingerprint density at radius 2 is 1.86 bits per heavy atom. The van der Waals surface area contributed by atoms with E-state index < -0.39 is 23.8 Å². The number of rotatable bonds is 5. The zero-order valence-electron chi connectivity index (χ0n) is 12.7. The molecule has 0 aliphatic rings. The SMILES string of the molecule is Cc1noc(C)c1C(=O)NC(c1ccccc1)C(C)C(=O)O. The van der Waals surface area contributed by atoms with Gasteiger partial charge in [-0.05, 0) is 26.3 Å². The molecule has 2 rings (SSSR count). The summed E-state index contributed by atoms with van der Waals surface area (Å²) in [5, 5.41) is 15.8. The van der Waals surface area contributed by atoms with Crippen molar-refractivity contribution < 1.29 is 19.2 Å². The molecule has 0 aliphatic heterocycles. The highest BCUT2D eigenvalue weighted by Crippen LogP contribution is 2.23. The fourth-order valence-electron chi connectivity index (χ4n) is 2.32. The number of carbonyl (C=O) groups excluding carboxylic acids is 1. The maximum absolute atomic E-state index is 12.5. The van der Waals surface area contributed by atoms with Crippen LogP contribution in [0, 0.1) is 19.8 Å². The molecule has 116 valence electrons. The van der Waals surface area contributed by atoms with Crippen LogP contribution in [-0.4, -0.2) is 22.1 Å². The molecule has 2 unspecified atom stereocenters. The van der Waals surface area contributed by atoms with Crippen molar-refractivity contribution in [1.29, 1.82) is 0 Å². The molecule has 0 radical (unpaired) electrons. The molecule has 1 aromatic carbocycles. The van der Waals surface area contributed by atoms with Gasteiger partial charge in [-0.3, -0.25) is 9.59 Å². The highest BCUT2D eigenvalue weighted by Gasteiger charge is 2.28. The van der Waals surface area contributed by atoms with Crippen LogP contribution in [0.3, 0.4) is 0 Å². The molecule has 0 saturated carbocycles. The van der Waals surface area contributed by atoms with Crippen LogP contribution in [0.25, 0.3) is 0 Å². The van der Waals surface area contributed by atoms with E-state index in [2.05, 4.69) is 10.5 Å². The first-order valence-electron chi connectivity index (χ1n) is 6.93. The number of carboxylic acid groups (broad SMARTS) is 1. The van der Waals surface area contributed by atoms with Gasteiger partial charge >= 0.3 is 5.97 Å². The monoisotopic (exact) mass is 302 g/mol. The van der Waals surface area contributed by atoms with E-state index in [1.54, 1.807) is 45.0 Å². The van der Waals surface area contributed by atoms with Crippen molar-refractivity contribution in [3.63, 3.8) is 0 Å². The fourth-order valence-corrected chi connectivity index (χ4v) is 2.32. The summed E-state index contributed by atoms with van der Waals surface area (Å²) < 4.78 is 4.98. The van der Waals surface area contributed by atoms with Crippen molar-refractivity contribution in [2.75, 3.05) is 0 Å². The van der Waals surface area contributed by atoms with Crippen LogP contribution in [0.15, 0.2) is 34.9 Å². The Morgan fingerprint density at radius 3 is 2.36 bits per heavy atom. The Morgan fingerprint density at radius 1 is 1.23 bits per heavy atom. The summed E-state index contributed by atoms with van der Waals surface area (Å²) in [4.78, 5) is 23.8. The first kappa shape index (κ1) is 15.8. The summed E-state index contributed by atoms with van der Waals surface area (Å²) in [6.45, 7) is 4.88. The smallest absolute Gasteiger partial charge is 0.308 e. The van der Waals surface area contributed by atoms with E-state index in [4.69, 9.17) is 4.52 Å². The summed E-state index contributed by atoms with van der Waals surface area (Å²) in [7, 11) is 0. The molecule has 0 bridgehead atoms. The molecule has 0 aliphatic carbocycles. The summed E-state index contributed by atoms with van der Waals surface area (Å²) in [6, 6.07) is 8.38. The minimum absolute atomic E-state index is 0.346. The molecule has 0 spiro atoms. The van der Waals surface area contributed by atoms with Gasteiger partial charge in [0.1, 0.15) is 11.3 Å². The quantitative estimate of drug-likeness (QED) is 0.885. The lowest BCUT2D eigenvalue weighted by atomic mass is 9.94. The van der Waals surface area contributed by atoms with Crippen LogP contribution in [-0.2, 0) is 4.79 Å². The lowest BCUT2D eigenvalue weighted by Gasteiger charge is -2.22. The molecule has 22 heavy (non-hydrogen) atoms. The average Bonchev–Trinajstić information content (AvgIpc) is 2.83. The third kappa shape index (κ3) is 3.16. The van der Waals surface area contributed by atoms with Crippen LogP contribution < -0.4 is 5.32 Å². The predicted octanol–water partition coefficient (Wildman–Crippen LogP) is 2.48. The summed E-state index contributed by atoms with van der Waals surface area (Å²) in [5.41, 5.74) is 1.56. The molecule has 0 saturated heterocycles. The second-order valence-electron chi connectivity index (χ2n) is 5.19. The van der Waals surface area contributed by atoms with Crippen LogP contribution in [0.4, 0.5) is 0 Å². The molecule has 1 amide bonds. The van der Waals surface area contributed by atoms with E-state index in [1.807, 2.05) is 6.07 Å². The Labute approximate surface area is 128 Å². The average molecular weight is 302 g/mol. The number of amides is 1. The standard InChI is InChI=1S/C16H18N2O4/c1-9(16(20)21)14(12-7-5-4-6-8-12)17-15(19)13-10(2)18-22-11(13)3/h4-9,14H,1-3H3,(H,17,19)(H,20,21). The predicted molar refractivity (Wildman–Crippen MR) is 79.4 cm³/mol. The molecule has 2 aromatic rings. The number of hydrogen-bond acceptors (Lipinski definition) is 4. The number of aryl methyl sites for hydroxylation is 2. The molecular formula is C16H18N2O4. The zero-order valence-corrected chi connectivity index (χ0v) is 12.7. The van der Waals surface area contributed by atoms with Crippen molar-refractivity contribution in [3.05, 3.63) is 52.9 Å². The van der Waals surface area contributed by atoms with E-state index >= 15 is 0 Å². The summed E-state index contributed by atoms with van der Waals surface area (Å²) in [5.74, 6) is -1.73. The number of nitrogens with zero attached hydrogens (tertiary/aromatic N) is 1. The Hall–Kier alpha value is -2.63. The maximum Gasteiger partial charge on any atom is 0.308 e. The van der Waals surface area contributed by atoms with Gasteiger partial charge in [-0.25, -0.2) is 0 Å². The van der Waals surface area contributed by atoms with Gasteiger partial charge in [-0.15, -0.1) is 0 Å². The topological polar surface area (TPSA) is 92.4 Å². The number of benzene rings is 1. The highest BCUT2D eigenvalue weighted by atomic mass is 16.5. The zero-order chi connectivity index (χ0) is 16.3. The summed E-state index contributed by atoms with van der Waals surface area (Å²) in [6.07, 6.45) is 0. The number of aliphatic carboxylic acids is 1. The number of aromatic nitrogens is 1. The molecule has 6 nitrogen and oxygen atoms in total. The van der Waals surface area contributed by atoms with Gasteiger partial charge in [0.05, 0.1) is 17.7 Å². The number of carboxylic acids is 1. The van der Waals surface area contributed by atoms with Crippen LogP contribution in [0.5, 0.6) is 0 Å². The fraction of sp³-hybridized carbons (Fsp3) is 0.312. The maximum atomic E-state index is 12.5. The minimum Gasteiger partial charge on any atom is -0.481 e. The Kier molecular flexibility index (Phi) is 4.60. The largest absolute Gasteiger partial charge is 0.481 e. The van der Waals surface area contributed by atoms with Gasteiger partial charge in [-0.1, -0.05) is 35.5 Å². The first-order chi connectivity index (χ1) is 10.4. The van der Waals surface area contributed by atoms with Crippen LogP contribution in [0.2, 0.25) is 0 Å². The molecule has 2 N–H and O–H groups in total. The van der Waals surface area contributed by atoms with Gasteiger partial charge in [-0.2, -0.15) is 0 Å². The normalized spacial score (nSPS) is 13.4. The van der Waals surface area contributed by atoms with Crippen LogP contribution in [0.1, 0.15) is 40.3 Å². The van der Waals surface area contributed by atoms with Crippen LogP contribution >= 0.6 is 0 Å². The second kappa shape index (κ2) is 6.43. The Bertz CT molecular complexity index is 659. The van der Waals surface area contributed by atoms with E-state index in [-0.39, 0.29) is 0 Å². The van der Waals surface area contributed by atoms with Crippen molar-refractivity contribution in [2.24, 2.45) is 5.92 Å². The third-order valence-corrected chi connectivity index (χ3v) is 3.60. The lowest BCUT2D eigenvalue weighted by molar-refractivity contribution is -0.142. The van der Waals surface area contributed by atoms with Gasteiger partial charge in [0.15, 0.2) is 0 Å². The highest BCUT2D eigenvalue weighted by molar-refractivity contribution is 5.96. The van der Waals surface area contributed by atoms with Gasteiger partial charge in [0.2, 0.25) is 0 Å². The van der Waals surface area contributed by atoms with Crippen molar-refractivity contribution >= 4 is 11.9 Å². The van der Waals surface area contributed by atoms with E-state index in [0.29, 0.717) is 17.0 Å². The van der Waals surface area contributed by atoms with Gasteiger partial charge in [0.25, 0.3) is 5.91 Å². The number of nitrogens with one attached hydrogen (secondary N) is 1. The molecule has 1 heterocycles. The lowest BCUT2D eigenvalue weighted by Crippen LogP contribution is -2.36. The Balaban J connectivity index is 2.31. The number of hydrogen-bond donors (Lipinski definition) is 2. The van der Waals surface area contributed by atoms with E-state index in [9.17, 15) is 14.7 Å². The first-order valence-corrected chi connectivity index (χ1v) is 6.93. The van der Waals surface area contributed by atoms with E-state index in [1.165, 1.54) is 0 Å². The van der Waals surface area contributed by atoms with Crippen molar-refractivity contribution in [1.82, 2.24) is 10.5 Å². The summed E-state index contributed by atoms with van der Waals surface area (Å²) >= 11 is 0. The van der Waals surface area contributed by atoms with Crippen molar-refractivity contribution in [3.8, 4) is 0 Å². The van der Waals surface area contributed by atoms with Gasteiger partial charge < -0.3 is 14.9 Å². The molecular weight excluding hydrogens is 284 g/mol. The molecule has 2 atom stereocenters. The number of carbonyl (C=O) groups is 2. The minimum atomic E-state index is -0.979. The van der Waals surface area contributed by atoms with Gasteiger partial charge in [0, 0.05) is 0 Å². The van der Waals surface area contributed by atoms with Crippen molar-refractivity contribution in [2.45, 2.75) is 26.8 Å². The third-order valence-electron chi connectivity index (χ3n) is 3.60. The molecule has 0 fully saturated rings. The molecule has 6 heteroatoms. The molecule has 1 aromatic heterocycles. The second-order valence-corrected chi connectivity index (χ2v) is 5.19. The van der Waals surface area contributed by atoms with E-state index in [0.717, 1.165) is 5.56 Å².